The van der Waals surface area contributed by atoms with Gasteiger partial charge in [0.05, 0.1) is 6.04 Å². The molecule has 1 amide bonds. The number of aromatic nitrogens is 1. The number of amides is 1. The van der Waals surface area contributed by atoms with Gasteiger partial charge in [-0.15, -0.1) is 0 Å². The smallest absolute Gasteiger partial charge is 0.309 e. The minimum atomic E-state index is -4.52. The highest BCUT2D eigenvalue weighted by molar-refractivity contribution is 5.94. The average molecular weight is 273 g/mol. The second-order valence-electron chi connectivity index (χ2n) is 4.50. The van der Waals surface area contributed by atoms with Crippen molar-refractivity contribution in [1.29, 1.82) is 0 Å². The fraction of sp³-hybridized carbons (Fsp3) is 0.500. The highest BCUT2D eigenvalue weighted by atomic mass is 19.4. The highest BCUT2D eigenvalue weighted by Crippen LogP contribution is 2.29. The molecule has 0 radical (unpaired) electrons. The summed E-state index contributed by atoms with van der Waals surface area (Å²) in [6.45, 7) is 2.35. The maximum atomic E-state index is 12.6. The lowest BCUT2D eigenvalue weighted by molar-refractivity contribution is -0.141. The number of anilines is 1. The predicted octanol–water partition coefficient (Wildman–Crippen LogP) is 2.10. The molecule has 0 saturated carbocycles. The second-order valence-corrected chi connectivity index (χ2v) is 4.50. The zero-order valence-electron chi connectivity index (χ0n) is 10.3. The summed E-state index contributed by atoms with van der Waals surface area (Å²) in [5.74, 6) is -0.374. The third-order valence-corrected chi connectivity index (χ3v) is 3.01. The van der Waals surface area contributed by atoms with E-state index in [1.807, 2.05) is 0 Å². The van der Waals surface area contributed by atoms with Crippen LogP contribution < -0.4 is 10.6 Å². The number of aryl methyl sites for hydroxylation is 1. The van der Waals surface area contributed by atoms with Crippen molar-refractivity contribution in [2.75, 3.05) is 11.9 Å². The summed E-state index contributed by atoms with van der Waals surface area (Å²) in [4.78, 5) is 15.3. The Bertz CT molecular complexity index is 482. The van der Waals surface area contributed by atoms with Gasteiger partial charge in [-0.3, -0.25) is 4.79 Å². The Morgan fingerprint density at radius 2 is 2.21 bits per heavy atom. The number of rotatable bonds is 2. The number of hydrogen-bond donors (Lipinski definition) is 2. The van der Waals surface area contributed by atoms with Crippen molar-refractivity contribution in [3.8, 4) is 0 Å². The van der Waals surface area contributed by atoms with Crippen LogP contribution in [0.3, 0.4) is 0 Å². The molecule has 1 aromatic heterocycles. The molecule has 1 aliphatic heterocycles. The minimum absolute atomic E-state index is 0.0338. The standard InChI is InChI=1S/C12H14F3N3O/c1-7-4-5-9(12(13,14)15)17-10(7)18-11(19)8-3-2-6-16-8/h4-5,8,16H,2-3,6H2,1H3,(H,17,18,19). The molecule has 0 aromatic carbocycles. The van der Waals surface area contributed by atoms with E-state index in [1.54, 1.807) is 6.92 Å². The number of carbonyl (C=O) groups is 1. The molecule has 2 rings (SSSR count). The van der Waals surface area contributed by atoms with Gasteiger partial charge in [0.15, 0.2) is 0 Å². The Morgan fingerprint density at radius 3 is 2.79 bits per heavy atom. The van der Waals surface area contributed by atoms with Gasteiger partial charge in [0.2, 0.25) is 5.91 Å². The quantitative estimate of drug-likeness (QED) is 0.867. The van der Waals surface area contributed by atoms with E-state index in [4.69, 9.17) is 0 Å². The Kier molecular flexibility index (Phi) is 3.75. The average Bonchev–Trinajstić information content (AvgIpc) is 2.84. The number of nitrogens with zero attached hydrogens (tertiary/aromatic N) is 1. The predicted molar refractivity (Wildman–Crippen MR) is 63.6 cm³/mol. The maximum absolute atomic E-state index is 12.6. The molecule has 1 fully saturated rings. The Balaban J connectivity index is 2.17. The lowest BCUT2D eigenvalue weighted by Gasteiger charge is -2.14. The summed E-state index contributed by atoms with van der Waals surface area (Å²) in [6, 6.07) is 1.85. The van der Waals surface area contributed by atoms with Crippen LogP contribution in [0, 0.1) is 6.92 Å². The molecule has 0 spiro atoms. The van der Waals surface area contributed by atoms with Crippen molar-refractivity contribution in [3.63, 3.8) is 0 Å². The van der Waals surface area contributed by atoms with Gasteiger partial charge in [-0.1, -0.05) is 6.07 Å². The third-order valence-electron chi connectivity index (χ3n) is 3.01. The van der Waals surface area contributed by atoms with Gasteiger partial charge in [-0.05, 0) is 37.9 Å². The second kappa shape index (κ2) is 5.16. The summed E-state index contributed by atoms with van der Waals surface area (Å²) >= 11 is 0. The summed E-state index contributed by atoms with van der Waals surface area (Å²) in [5.41, 5.74) is -0.507. The van der Waals surface area contributed by atoms with Crippen molar-refractivity contribution in [2.45, 2.75) is 32.0 Å². The van der Waals surface area contributed by atoms with Gasteiger partial charge in [0.25, 0.3) is 0 Å². The first-order valence-electron chi connectivity index (χ1n) is 5.97. The summed E-state index contributed by atoms with van der Waals surface area (Å²) in [7, 11) is 0. The molecule has 1 aliphatic rings. The van der Waals surface area contributed by atoms with Gasteiger partial charge in [0, 0.05) is 0 Å². The van der Waals surface area contributed by atoms with Crippen LogP contribution in [0.1, 0.15) is 24.1 Å². The number of hydrogen-bond acceptors (Lipinski definition) is 3. The van der Waals surface area contributed by atoms with E-state index in [-0.39, 0.29) is 17.8 Å². The molecule has 1 saturated heterocycles. The first-order valence-corrected chi connectivity index (χ1v) is 5.97. The molecule has 0 bridgehead atoms. The Hall–Kier alpha value is -1.63. The largest absolute Gasteiger partial charge is 0.433 e. The van der Waals surface area contributed by atoms with Crippen LogP contribution in [-0.2, 0) is 11.0 Å². The molecular weight excluding hydrogens is 259 g/mol. The minimum Gasteiger partial charge on any atom is -0.309 e. The van der Waals surface area contributed by atoms with Gasteiger partial charge in [-0.25, -0.2) is 4.98 Å². The van der Waals surface area contributed by atoms with Gasteiger partial charge >= 0.3 is 6.18 Å². The zero-order chi connectivity index (χ0) is 14.0. The van der Waals surface area contributed by atoms with Crippen LogP contribution in [0.15, 0.2) is 12.1 Å². The topological polar surface area (TPSA) is 54.0 Å². The van der Waals surface area contributed by atoms with Crippen LogP contribution in [-0.4, -0.2) is 23.5 Å². The monoisotopic (exact) mass is 273 g/mol. The van der Waals surface area contributed by atoms with E-state index in [0.717, 1.165) is 19.0 Å². The number of pyridine rings is 1. The van der Waals surface area contributed by atoms with Crippen LogP contribution in [0.25, 0.3) is 0 Å². The molecule has 2 N–H and O–H groups in total. The zero-order valence-corrected chi connectivity index (χ0v) is 10.3. The summed E-state index contributed by atoms with van der Waals surface area (Å²) in [5, 5.41) is 5.43. The van der Waals surface area contributed by atoms with Gasteiger partial charge < -0.3 is 10.6 Å². The first-order chi connectivity index (χ1) is 8.88. The molecule has 4 nitrogen and oxygen atoms in total. The lowest BCUT2D eigenvalue weighted by atomic mass is 10.2. The summed E-state index contributed by atoms with van der Waals surface area (Å²) in [6.07, 6.45) is -2.95. The van der Waals surface area contributed by atoms with Crippen molar-refractivity contribution in [3.05, 3.63) is 23.4 Å². The van der Waals surface area contributed by atoms with Gasteiger partial charge in [0.1, 0.15) is 11.5 Å². The van der Waals surface area contributed by atoms with E-state index in [1.165, 1.54) is 6.07 Å². The van der Waals surface area contributed by atoms with Crippen LogP contribution in [0.2, 0.25) is 0 Å². The maximum Gasteiger partial charge on any atom is 0.433 e. The molecule has 1 unspecified atom stereocenters. The molecule has 2 heterocycles. The van der Waals surface area contributed by atoms with E-state index >= 15 is 0 Å². The van der Waals surface area contributed by atoms with E-state index in [2.05, 4.69) is 15.6 Å². The molecule has 1 aromatic rings. The highest BCUT2D eigenvalue weighted by Gasteiger charge is 2.33. The number of carbonyl (C=O) groups excluding carboxylic acids is 1. The Labute approximate surface area is 108 Å². The van der Waals surface area contributed by atoms with E-state index < -0.39 is 11.9 Å². The van der Waals surface area contributed by atoms with Crippen LogP contribution >= 0.6 is 0 Å². The first kappa shape index (κ1) is 13.8. The van der Waals surface area contributed by atoms with Crippen molar-refractivity contribution in [1.82, 2.24) is 10.3 Å². The van der Waals surface area contributed by atoms with E-state index in [9.17, 15) is 18.0 Å². The van der Waals surface area contributed by atoms with Crippen LogP contribution in [0.5, 0.6) is 0 Å². The van der Waals surface area contributed by atoms with Crippen molar-refractivity contribution >= 4 is 11.7 Å². The van der Waals surface area contributed by atoms with Gasteiger partial charge in [-0.2, -0.15) is 13.2 Å². The fourth-order valence-electron chi connectivity index (χ4n) is 1.93. The molecule has 1 atom stereocenters. The third kappa shape index (κ3) is 3.23. The van der Waals surface area contributed by atoms with Crippen molar-refractivity contribution in [2.24, 2.45) is 0 Å². The SMILES string of the molecule is Cc1ccc(C(F)(F)F)nc1NC(=O)C1CCCN1. The van der Waals surface area contributed by atoms with E-state index in [0.29, 0.717) is 12.0 Å². The molecule has 0 aliphatic carbocycles. The number of halogens is 3. The normalized spacial score (nSPS) is 19.5. The molecule has 19 heavy (non-hydrogen) atoms. The summed E-state index contributed by atoms with van der Waals surface area (Å²) < 4.78 is 37.7. The molecule has 104 valence electrons. The lowest BCUT2D eigenvalue weighted by Crippen LogP contribution is -2.36. The number of alkyl halides is 3. The number of nitrogens with one attached hydrogen (secondary N) is 2. The van der Waals surface area contributed by atoms with Crippen LogP contribution in [0.4, 0.5) is 19.0 Å². The molecule has 7 heteroatoms. The molecular formula is C12H14F3N3O. The van der Waals surface area contributed by atoms with Crippen molar-refractivity contribution < 1.29 is 18.0 Å². The Morgan fingerprint density at radius 1 is 1.47 bits per heavy atom. The fourth-order valence-corrected chi connectivity index (χ4v) is 1.93.